The fraction of sp³-hybridized carbons (Fsp3) is 0.600. The van der Waals surface area contributed by atoms with Gasteiger partial charge in [-0.2, -0.15) is 4.31 Å². The summed E-state index contributed by atoms with van der Waals surface area (Å²) in [6.07, 6.45) is 0. The molecule has 7 heteroatoms. The average molecular weight is 326 g/mol. The van der Waals surface area contributed by atoms with Crippen molar-refractivity contribution < 1.29 is 8.42 Å². The predicted octanol–water partition coefficient (Wildman–Crippen LogP) is -0.232. The highest BCUT2D eigenvalue weighted by molar-refractivity contribution is 7.89. The lowest BCUT2D eigenvalue weighted by atomic mass is 10.2. The third-order valence-corrected chi connectivity index (χ3v) is 5.60. The molecule has 0 radical (unpaired) electrons. The minimum Gasteiger partial charge on any atom is -0.314 e. The van der Waals surface area contributed by atoms with Crippen LogP contribution in [0.25, 0.3) is 0 Å². The summed E-state index contributed by atoms with van der Waals surface area (Å²) in [5.41, 5.74) is 1.06. The van der Waals surface area contributed by atoms with Gasteiger partial charge in [0.25, 0.3) is 0 Å². The van der Waals surface area contributed by atoms with Gasteiger partial charge in [-0.3, -0.25) is 0 Å². The number of benzene rings is 1. The van der Waals surface area contributed by atoms with Crippen molar-refractivity contribution in [3.05, 3.63) is 29.8 Å². The van der Waals surface area contributed by atoms with Crippen molar-refractivity contribution in [3.8, 4) is 0 Å². The third-order valence-electron chi connectivity index (χ3n) is 3.69. The van der Waals surface area contributed by atoms with Gasteiger partial charge in [0.05, 0.1) is 4.90 Å². The summed E-state index contributed by atoms with van der Waals surface area (Å²) in [6, 6.07) is 7.05. The van der Waals surface area contributed by atoms with E-state index in [9.17, 15) is 8.42 Å². The molecule has 0 saturated carbocycles. The van der Waals surface area contributed by atoms with Gasteiger partial charge in [0.2, 0.25) is 10.0 Å². The first-order valence-corrected chi connectivity index (χ1v) is 9.24. The lowest BCUT2D eigenvalue weighted by Crippen LogP contribution is -2.44. The number of sulfonamides is 1. The van der Waals surface area contributed by atoms with Gasteiger partial charge in [-0.25, -0.2) is 8.42 Å². The van der Waals surface area contributed by atoms with E-state index < -0.39 is 10.0 Å². The Morgan fingerprint density at radius 2 is 1.27 bits per heavy atom. The zero-order chi connectivity index (χ0) is 15.8. The van der Waals surface area contributed by atoms with Crippen molar-refractivity contribution in [1.82, 2.24) is 20.3 Å². The van der Waals surface area contributed by atoms with Crippen molar-refractivity contribution in [2.45, 2.75) is 11.8 Å². The van der Waals surface area contributed by atoms with E-state index in [1.165, 1.54) is 0 Å². The lowest BCUT2D eigenvalue weighted by molar-refractivity contribution is 0.393. The molecule has 0 atom stereocenters. The molecule has 3 N–H and O–H groups in total. The number of nitrogens with zero attached hydrogens (tertiary/aromatic N) is 1. The van der Waals surface area contributed by atoms with E-state index in [4.69, 9.17) is 0 Å². The number of nitrogens with one attached hydrogen (secondary N) is 3. The van der Waals surface area contributed by atoms with Gasteiger partial charge in [-0.05, 0) is 19.1 Å². The van der Waals surface area contributed by atoms with E-state index in [0.717, 1.165) is 31.7 Å². The summed E-state index contributed by atoms with van der Waals surface area (Å²) in [7, 11) is -3.43. The Kier molecular flexibility index (Phi) is 6.78. The molecule has 0 amide bonds. The second-order valence-corrected chi connectivity index (χ2v) is 7.41. The van der Waals surface area contributed by atoms with Crippen LogP contribution in [-0.2, 0) is 10.0 Å². The second kappa shape index (κ2) is 8.59. The molecule has 0 aromatic heterocycles. The molecule has 1 fully saturated rings. The van der Waals surface area contributed by atoms with Crippen LogP contribution in [0.5, 0.6) is 0 Å². The summed E-state index contributed by atoms with van der Waals surface area (Å²) in [5, 5.41) is 9.87. The highest BCUT2D eigenvalue weighted by Crippen LogP contribution is 2.15. The molecule has 6 nitrogen and oxygen atoms in total. The Labute approximate surface area is 133 Å². The largest absolute Gasteiger partial charge is 0.314 e. The van der Waals surface area contributed by atoms with E-state index in [0.29, 0.717) is 31.1 Å². The first kappa shape index (κ1) is 17.4. The summed E-state index contributed by atoms with van der Waals surface area (Å²) < 4.78 is 27.1. The standard InChI is InChI=1S/C15H26N4O2S/c1-14-2-4-15(5-3-14)22(20,21)19-12-10-17-8-6-16-7-9-18-11-13-19/h2-5,16-18H,6-13H2,1H3. The van der Waals surface area contributed by atoms with E-state index >= 15 is 0 Å². The van der Waals surface area contributed by atoms with Crippen molar-refractivity contribution in [3.63, 3.8) is 0 Å². The van der Waals surface area contributed by atoms with Crippen LogP contribution in [0.1, 0.15) is 5.56 Å². The molecular formula is C15H26N4O2S. The molecule has 1 heterocycles. The lowest BCUT2D eigenvalue weighted by Gasteiger charge is -2.23. The second-order valence-electron chi connectivity index (χ2n) is 5.47. The van der Waals surface area contributed by atoms with Gasteiger partial charge in [-0.1, -0.05) is 17.7 Å². The predicted molar refractivity (Wildman–Crippen MR) is 88.5 cm³/mol. The van der Waals surface area contributed by atoms with Crippen LogP contribution in [0.3, 0.4) is 0 Å². The summed E-state index contributed by atoms with van der Waals surface area (Å²) in [5.74, 6) is 0. The van der Waals surface area contributed by atoms with Crippen LogP contribution in [0.2, 0.25) is 0 Å². The van der Waals surface area contributed by atoms with E-state index in [-0.39, 0.29) is 0 Å². The van der Waals surface area contributed by atoms with Crippen molar-refractivity contribution in [2.75, 3.05) is 52.4 Å². The summed E-state index contributed by atoms with van der Waals surface area (Å²) in [4.78, 5) is 0.367. The Bertz CT molecular complexity index is 533. The number of hydrogen-bond acceptors (Lipinski definition) is 5. The van der Waals surface area contributed by atoms with Gasteiger partial charge in [-0.15, -0.1) is 0 Å². The van der Waals surface area contributed by atoms with Crippen molar-refractivity contribution in [1.29, 1.82) is 0 Å². The van der Waals surface area contributed by atoms with Crippen LogP contribution in [0.15, 0.2) is 29.2 Å². The summed E-state index contributed by atoms with van der Waals surface area (Å²) >= 11 is 0. The van der Waals surface area contributed by atoms with Crippen molar-refractivity contribution >= 4 is 10.0 Å². The average Bonchev–Trinajstić information content (AvgIpc) is 2.48. The van der Waals surface area contributed by atoms with Gasteiger partial charge < -0.3 is 16.0 Å². The molecule has 1 aliphatic heterocycles. The first-order valence-electron chi connectivity index (χ1n) is 7.80. The zero-order valence-electron chi connectivity index (χ0n) is 13.1. The zero-order valence-corrected chi connectivity index (χ0v) is 14.0. The first-order chi connectivity index (χ1) is 10.6. The maximum atomic E-state index is 12.8. The maximum Gasteiger partial charge on any atom is 0.243 e. The fourth-order valence-electron chi connectivity index (χ4n) is 2.35. The molecule has 1 aromatic carbocycles. The molecule has 22 heavy (non-hydrogen) atoms. The fourth-order valence-corrected chi connectivity index (χ4v) is 3.79. The monoisotopic (exact) mass is 326 g/mol. The number of rotatable bonds is 2. The van der Waals surface area contributed by atoms with E-state index in [2.05, 4.69) is 16.0 Å². The van der Waals surface area contributed by atoms with Gasteiger partial charge in [0, 0.05) is 52.4 Å². The molecule has 1 aliphatic rings. The Morgan fingerprint density at radius 3 is 1.77 bits per heavy atom. The Hall–Kier alpha value is -0.990. The molecule has 0 bridgehead atoms. The molecule has 1 saturated heterocycles. The molecule has 2 rings (SSSR count). The molecular weight excluding hydrogens is 300 g/mol. The molecule has 1 aromatic rings. The topological polar surface area (TPSA) is 73.5 Å². The van der Waals surface area contributed by atoms with Crippen LogP contribution >= 0.6 is 0 Å². The Balaban J connectivity index is 2.08. The summed E-state index contributed by atoms with van der Waals surface area (Å²) in [6.45, 7) is 7.72. The van der Waals surface area contributed by atoms with E-state index in [1.54, 1.807) is 16.4 Å². The Morgan fingerprint density at radius 1 is 0.818 bits per heavy atom. The highest BCUT2D eigenvalue weighted by atomic mass is 32.2. The SMILES string of the molecule is Cc1ccc(S(=O)(=O)N2CCNCCNCCNCC2)cc1. The van der Waals surface area contributed by atoms with Crippen LogP contribution < -0.4 is 16.0 Å². The van der Waals surface area contributed by atoms with Crippen LogP contribution in [0, 0.1) is 6.92 Å². The highest BCUT2D eigenvalue weighted by Gasteiger charge is 2.23. The molecule has 0 spiro atoms. The van der Waals surface area contributed by atoms with Crippen LogP contribution in [-0.4, -0.2) is 65.1 Å². The van der Waals surface area contributed by atoms with Gasteiger partial charge >= 0.3 is 0 Å². The molecule has 0 unspecified atom stereocenters. The number of hydrogen-bond donors (Lipinski definition) is 3. The van der Waals surface area contributed by atoms with Crippen molar-refractivity contribution in [2.24, 2.45) is 0 Å². The maximum absolute atomic E-state index is 12.8. The van der Waals surface area contributed by atoms with Crippen LogP contribution in [0.4, 0.5) is 0 Å². The smallest absolute Gasteiger partial charge is 0.243 e. The minimum atomic E-state index is -3.43. The van der Waals surface area contributed by atoms with Gasteiger partial charge in [0.15, 0.2) is 0 Å². The normalized spacial score (nSPS) is 20.0. The molecule has 0 aliphatic carbocycles. The molecule has 124 valence electrons. The van der Waals surface area contributed by atoms with E-state index in [1.807, 2.05) is 19.1 Å². The number of aryl methyl sites for hydroxylation is 1. The quantitative estimate of drug-likeness (QED) is 0.700. The third kappa shape index (κ3) is 5.03. The minimum absolute atomic E-state index is 0.367. The van der Waals surface area contributed by atoms with Gasteiger partial charge in [0.1, 0.15) is 0 Å².